The summed E-state index contributed by atoms with van der Waals surface area (Å²) in [6, 6.07) is 12.1. The second-order valence-corrected chi connectivity index (χ2v) is 6.12. The van der Waals surface area contributed by atoms with Gasteiger partial charge in [0.15, 0.2) is 11.5 Å². The largest absolute Gasteiger partial charge is 0.496 e. The van der Waals surface area contributed by atoms with E-state index in [0.29, 0.717) is 6.61 Å². The minimum absolute atomic E-state index is 0.610. The van der Waals surface area contributed by atoms with Crippen LogP contribution in [-0.2, 0) is 13.0 Å². The van der Waals surface area contributed by atoms with Crippen molar-refractivity contribution >= 4 is 15.9 Å². The average molecular weight is 394 g/mol. The lowest BCUT2D eigenvalue weighted by atomic mass is 10.1. The van der Waals surface area contributed by atoms with Crippen LogP contribution in [-0.4, -0.2) is 27.4 Å². The molecule has 0 aromatic heterocycles. The quantitative estimate of drug-likeness (QED) is 0.648. The third-order valence-electron chi connectivity index (χ3n) is 3.71. The van der Waals surface area contributed by atoms with Crippen molar-refractivity contribution in [1.82, 2.24) is 5.32 Å². The second-order valence-electron chi connectivity index (χ2n) is 5.27. The summed E-state index contributed by atoms with van der Waals surface area (Å²) in [5.41, 5.74) is 2.34. The van der Waals surface area contributed by atoms with Crippen LogP contribution in [0.1, 0.15) is 18.1 Å². The summed E-state index contributed by atoms with van der Waals surface area (Å²) in [6.45, 7) is 4.18. The van der Waals surface area contributed by atoms with Crippen molar-refractivity contribution in [3.05, 3.63) is 52.0 Å². The van der Waals surface area contributed by atoms with Gasteiger partial charge in [0.25, 0.3) is 0 Å². The predicted molar refractivity (Wildman–Crippen MR) is 100 cm³/mol. The molecular formula is C19H24BrNO3. The summed E-state index contributed by atoms with van der Waals surface area (Å²) in [6.07, 6.45) is 0.912. The number of nitrogens with one attached hydrogen (secondary N) is 1. The third-order valence-corrected chi connectivity index (χ3v) is 4.45. The van der Waals surface area contributed by atoms with Gasteiger partial charge in [0.1, 0.15) is 5.75 Å². The molecule has 0 atom stereocenters. The van der Waals surface area contributed by atoms with Crippen molar-refractivity contribution in [2.24, 2.45) is 0 Å². The van der Waals surface area contributed by atoms with Crippen molar-refractivity contribution in [3.8, 4) is 17.2 Å². The first-order valence-electron chi connectivity index (χ1n) is 8.01. The fraction of sp³-hybridized carbons (Fsp3) is 0.368. The second kappa shape index (κ2) is 9.55. The molecule has 0 aliphatic rings. The molecule has 0 aliphatic carbocycles. The molecule has 2 aromatic carbocycles. The van der Waals surface area contributed by atoms with E-state index in [9.17, 15) is 0 Å². The van der Waals surface area contributed by atoms with Crippen molar-refractivity contribution in [2.75, 3.05) is 27.4 Å². The molecule has 0 bridgehead atoms. The van der Waals surface area contributed by atoms with Crippen molar-refractivity contribution in [1.29, 1.82) is 0 Å². The zero-order valence-corrected chi connectivity index (χ0v) is 16.0. The summed E-state index contributed by atoms with van der Waals surface area (Å²) in [5.74, 6) is 2.44. The number of benzene rings is 2. The Balaban J connectivity index is 1.94. The standard InChI is InChI=1S/C19H24BrNO3/c1-4-24-19-12-16(20)15(11-18(19)23-3)13-21-10-9-14-7-5-6-8-17(14)22-2/h5-8,11-12,21H,4,9-10,13H2,1-3H3. The first-order valence-corrected chi connectivity index (χ1v) is 8.80. The van der Waals surface area contributed by atoms with Crippen molar-refractivity contribution < 1.29 is 14.2 Å². The number of methoxy groups -OCH3 is 2. The Morgan fingerprint density at radius 3 is 2.42 bits per heavy atom. The van der Waals surface area contributed by atoms with Crippen LogP contribution >= 0.6 is 15.9 Å². The van der Waals surface area contributed by atoms with E-state index in [2.05, 4.69) is 27.3 Å². The number of ether oxygens (including phenoxy) is 3. The van der Waals surface area contributed by atoms with Gasteiger partial charge in [-0.25, -0.2) is 0 Å². The molecule has 0 heterocycles. The van der Waals surface area contributed by atoms with Gasteiger partial charge >= 0.3 is 0 Å². The van der Waals surface area contributed by atoms with Crippen molar-refractivity contribution in [2.45, 2.75) is 19.9 Å². The maximum Gasteiger partial charge on any atom is 0.162 e. The van der Waals surface area contributed by atoms with E-state index in [1.807, 2.05) is 37.3 Å². The Bertz CT molecular complexity index is 661. The van der Waals surface area contributed by atoms with Gasteiger partial charge in [0.2, 0.25) is 0 Å². The molecule has 0 spiro atoms. The number of hydrogen-bond acceptors (Lipinski definition) is 4. The molecule has 0 aliphatic heterocycles. The van der Waals surface area contributed by atoms with Crippen LogP contribution < -0.4 is 19.5 Å². The molecule has 0 saturated heterocycles. The monoisotopic (exact) mass is 393 g/mol. The Morgan fingerprint density at radius 1 is 0.958 bits per heavy atom. The number of para-hydroxylation sites is 1. The summed E-state index contributed by atoms with van der Waals surface area (Å²) in [5, 5.41) is 3.46. The highest BCUT2D eigenvalue weighted by Crippen LogP contribution is 2.33. The Morgan fingerprint density at radius 2 is 1.71 bits per heavy atom. The molecule has 2 rings (SSSR count). The molecule has 2 aromatic rings. The van der Waals surface area contributed by atoms with Crippen LogP contribution in [0.5, 0.6) is 17.2 Å². The van der Waals surface area contributed by atoms with Gasteiger partial charge in [0.05, 0.1) is 20.8 Å². The first kappa shape index (κ1) is 18.6. The number of halogens is 1. The van der Waals surface area contributed by atoms with E-state index in [1.54, 1.807) is 14.2 Å². The Labute approximate surface area is 152 Å². The van der Waals surface area contributed by atoms with E-state index in [4.69, 9.17) is 14.2 Å². The molecular weight excluding hydrogens is 370 g/mol. The molecule has 0 unspecified atom stereocenters. The minimum atomic E-state index is 0.610. The van der Waals surface area contributed by atoms with E-state index in [1.165, 1.54) is 5.56 Å². The third kappa shape index (κ3) is 4.89. The first-order chi connectivity index (χ1) is 11.7. The van der Waals surface area contributed by atoms with E-state index in [-0.39, 0.29) is 0 Å². The lowest BCUT2D eigenvalue weighted by molar-refractivity contribution is 0.310. The zero-order chi connectivity index (χ0) is 17.4. The molecule has 130 valence electrons. The van der Waals surface area contributed by atoms with Gasteiger partial charge in [-0.15, -0.1) is 0 Å². The maximum absolute atomic E-state index is 5.58. The van der Waals surface area contributed by atoms with Crippen LogP contribution in [0, 0.1) is 0 Å². The highest BCUT2D eigenvalue weighted by Gasteiger charge is 2.10. The molecule has 4 nitrogen and oxygen atoms in total. The van der Waals surface area contributed by atoms with Gasteiger partial charge in [-0.3, -0.25) is 0 Å². The topological polar surface area (TPSA) is 39.7 Å². The van der Waals surface area contributed by atoms with E-state index < -0.39 is 0 Å². The predicted octanol–water partition coefficient (Wildman–Crippen LogP) is 4.20. The molecule has 0 radical (unpaired) electrons. The summed E-state index contributed by atoms with van der Waals surface area (Å²) < 4.78 is 17.4. The van der Waals surface area contributed by atoms with Gasteiger partial charge in [-0.1, -0.05) is 34.1 Å². The fourth-order valence-corrected chi connectivity index (χ4v) is 2.96. The molecule has 5 heteroatoms. The summed E-state index contributed by atoms with van der Waals surface area (Å²) >= 11 is 3.60. The van der Waals surface area contributed by atoms with Crippen LogP contribution in [0.15, 0.2) is 40.9 Å². The molecule has 0 saturated carbocycles. The van der Waals surface area contributed by atoms with E-state index >= 15 is 0 Å². The molecule has 24 heavy (non-hydrogen) atoms. The minimum Gasteiger partial charge on any atom is -0.496 e. The summed E-state index contributed by atoms with van der Waals surface area (Å²) in [7, 11) is 3.36. The normalized spacial score (nSPS) is 10.5. The number of hydrogen-bond donors (Lipinski definition) is 1. The fourth-order valence-electron chi connectivity index (χ4n) is 2.50. The molecule has 0 fully saturated rings. The Hall–Kier alpha value is -1.72. The lowest BCUT2D eigenvalue weighted by Crippen LogP contribution is -2.17. The van der Waals surface area contributed by atoms with Crippen LogP contribution in [0.3, 0.4) is 0 Å². The maximum atomic E-state index is 5.58. The van der Waals surface area contributed by atoms with Crippen LogP contribution in [0.2, 0.25) is 0 Å². The molecule has 0 amide bonds. The average Bonchev–Trinajstić information content (AvgIpc) is 2.60. The van der Waals surface area contributed by atoms with E-state index in [0.717, 1.165) is 46.8 Å². The number of rotatable bonds is 9. The van der Waals surface area contributed by atoms with Gasteiger partial charge in [-0.2, -0.15) is 0 Å². The molecule has 1 N–H and O–H groups in total. The highest BCUT2D eigenvalue weighted by atomic mass is 79.9. The summed E-state index contributed by atoms with van der Waals surface area (Å²) in [4.78, 5) is 0. The smallest absolute Gasteiger partial charge is 0.162 e. The van der Waals surface area contributed by atoms with Gasteiger partial charge < -0.3 is 19.5 Å². The van der Waals surface area contributed by atoms with Crippen LogP contribution in [0.4, 0.5) is 0 Å². The lowest BCUT2D eigenvalue weighted by Gasteiger charge is -2.14. The van der Waals surface area contributed by atoms with Gasteiger partial charge in [0, 0.05) is 11.0 Å². The Kier molecular flexibility index (Phi) is 7.40. The van der Waals surface area contributed by atoms with Crippen molar-refractivity contribution in [3.63, 3.8) is 0 Å². The van der Waals surface area contributed by atoms with Crippen LogP contribution in [0.25, 0.3) is 0 Å². The highest BCUT2D eigenvalue weighted by molar-refractivity contribution is 9.10. The zero-order valence-electron chi connectivity index (χ0n) is 14.4. The van der Waals surface area contributed by atoms with Gasteiger partial charge in [-0.05, 0) is 49.2 Å². The SMILES string of the molecule is CCOc1cc(Br)c(CNCCc2ccccc2OC)cc1OC.